The molecule has 1 N–H and O–H groups in total. The van der Waals surface area contributed by atoms with Crippen LogP contribution in [0.4, 0.5) is 10.1 Å². The van der Waals surface area contributed by atoms with E-state index in [2.05, 4.69) is 4.74 Å². The van der Waals surface area contributed by atoms with Crippen LogP contribution in [0, 0.1) is 15.9 Å². The van der Waals surface area contributed by atoms with Gasteiger partial charge in [0.2, 0.25) is 0 Å². The molecule has 0 saturated carbocycles. The summed E-state index contributed by atoms with van der Waals surface area (Å²) in [6.45, 7) is -0.535. The highest BCUT2D eigenvalue weighted by Gasteiger charge is 2.17. The van der Waals surface area contributed by atoms with Crippen LogP contribution in [-0.2, 0) is 6.61 Å². The van der Waals surface area contributed by atoms with Crippen molar-refractivity contribution < 1.29 is 19.2 Å². The Bertz CT molecular complexity index is 367. The summed E-state index contributed by atoms with van der Waals surface area (Å²) in [5.74, 6) is -0.948. The number of nitro benzene ring substituents is 1. The maximum absolute atomic E-state index is 13.0. The van der Waals surface area contributed by atoms with Crippen molar-refractivity contribution in [1.82, 2.24) is 0 Å². The molecule has 0 spiro atoms. The van der Waals surface area contributed by atoms with Crippen molar-refractivity contribution in [2.45, 2.75) is 6.61 Å². The minimum absolute atomic E-state index is 0.0215. The smallest absolute Gasteiger partial charge is 0.278 e. The van der Waals surface area contributed by atoms with Crippen LogP contribution < -0.4 is 4.74 Å². The Labute approximate surface area is 78.9 Å². The molecule has 0 atom stereocenters. The molecule has 0 saturated heterocycles. The summed E-state index contributed by atoms with van der Waals surface area (Å²) in [7, 11) is 1.24. The molecule has 0 radical (unpaired) electrons. The van der Waals surface area contributed by atoms with Gasteiger partial charge in [-0.15, -0.1) is 0 Å². The quantitative estimate of drug-likeness (QED) is 0.589. The second-order valence-electron chi connectivity index (χ2n) is 2.53. The number of halogens is 1. The summed E-state index contributed by atoms with van der Waals surface area (Å²) in [4.78, 5) is 9.66. The molecule has 0 aliphatic carbocycles. The van der Waals surface area contributed by atoms with Gasteiger partial charge in [-0.1, -0.05) is 0 Å². The molecular formula is C8H8FNO4. The van der Waals surface area contributed by atoms with Crippen molar-refractivity contribution in [3.8, 4) is 5.75 Å². The van der Waals surface area contributed by atoms with Crippen molar-refractivity contribution in [2.75, 3.05) is 7.11 Å². The van der Waals surface area contributed by atoms with Gasteiger partial charge in [-0.25, -0.2) is 4.39 Å². The fourth-order valence-electron chi connectivity index (χ4n) is 1.04. The van der Waals surface area contributed by atoms with Gasteiger partial charge in [-0.3, -0.25) is 10.1 Å². The van der Waals surface area contributed by atoms with Crippen molar-refractivity contribution in [1.29, 1.82) is 0 Å². The van der Waals surface area contributed by atoms with Crippen LogP contribution in [0.5, 0.6) is 5.75 Å². The molecule has 1 aromatic carbocycles. The molecule has 0 aliphatic heterocycles. The lowest BCUT2D eigenvalue weighted by atomic mass is 10.2. The highest BCUT2D eigenvalue weighted by atomic mass is 19.1. The summed E-state index contributed by atoms with van der Waals surface area (Å²) in [6, 6.07) is 1.83. The standard InChI is InChI=1S/C8H8FNO4/c1-14-8-2-5(4-11)7(10(12)13)3-6(8)9/h2-3,11H,4H2,1H3. The minimum Gasteiger partial charge on any atom is -0.494 e. The zero-order chi connectivity index (χ0) is 10.7. The molecule has 1 rings (SSSR count). The van der Waals surface area contributed by atoms with Gasteiger partial charge in [0.25, 0.3) is 5.69 Å². The number of rotatable bonds is 3. The van der Waals surface area contributed by atoms with Crippen LogP contribution >= 0.6 is 0 Å². The molecule has 1 aromatic rings. The molecule has 0 amide bonds. The summed E-state index contributed by atoms with van der Waals surface area (Å²) in [6.07, 6.45) is 0. The Morgan fingerprint density at radius 3 is 2.71 bits per heavy atom. The Hall–Kier alpha value is -1.69. The Morgan fingerprint density at radius 1 is 1.64 bits per heavy atom. The topological polar surface area (TPSA) is 72.6 Å². The van der Waals surface area contributed by atoms with Crippen molar-refractivity contribution in [3.05, 3.63) is 33.6 Å². The Kier molecular flexibility index (Phi) is 2.98. The van der Waals surface area contributed by atoms with E-state index in [-0.39, 0.29) is 11.3 Å². The zero-order valence-corrected chi connectivity index (χ0v) is 7.36. The van der Waals surface area contributed by atoms with E-state index in [1.54, 1.807) is 0 Å². The highest BCUT2D eigenvalue weighted by Crippen LogP contribution is 2.27. The van der Waals surface area contributed by atoms with Crippen molar-refractivity contribution >= 4 is 5.69 Å². The van der Waals surface area contributed by atoms with Crippen LogP contribution in [0.1, 0.15) is 5.56 Å². The first-order valence-electron chi connectivity index (χ1n) is 3.71. The number of nitrogens with zero attached hydrogens (tertiary/aromatic N) is 1. The van der Waals surface area contributed by atoms with Crippen LogP contribution in [0.15, 0.2) is 12.1 Å². The van der Waals surface area contributed by atoms with Crippen molar-refractivity contribution in [3.63, 3.8) is 0 Å². The lowest BCUT2D eigenvalue weighted by Crippen LogP contribution is -1.98. The number of methoxy groups -OCH3 is 1. The van der Waals surface area contributed by atoms with Gasteiger partial charge in [-0.2, -0.15) is 0 Å². The third-order valence-corrected chi connectivity index (χ3v) is 1.72. The van der Waals surface area contributed by atoms with Gasteiger partial charge >= 0.3 is 0 Å². The molecule has 0 aromatic heterocycles. The molecule has 6 heteroatoms. The van der Waals surface area contributed by atoms with E-state index in [0.29, 0.717) is 0 Å². The number of nitro groups is 1. The van der Waals surface area contributed by atoms with E-state index in [0.717, 1.165) is 12.1 Å². The first-order valence-corrected chi connectivity index (χ1v) is 3.71. The summed E-state index contributed by atoms with van der Waals surface area (Å²) in [5.41, 5.74) is -0.431. The normalized spacial score (nSPS) is 9.93. The molecule has 14 heavy (non-hydrogen) atoms. The van der Waals surface area contributed by atoms with E-state index < -0.39 is 23.0 Å². The van der Waals surface area contributed by atoms with Gasteiger partial charge in [0, 0.05) is 0 Å². The average Bonchev–Trinajstić information content (AvgIpc) is 2.17. The number of hydrogen-bond donors (Lipinski definition) is 1. The largest absolute Gasteiger partial charge is 0.494 e. The predicted octanol–water partition coefficient (Wildman–Crippen LogP) is 1.23. The highest BCUT2D eigenvalue weighted by molar-refractivity contribution is 5.45. The van der Waals surface area contributed by atoms with Crippen LogP contribution in [0.3, 0.4) is 0 Å². The van der Waals surface area contributed by atoms with Gasteiger partial charge in [0.15, 0.2) is 11.6 Å². The summed E-state index contributed by atoms with van der Waals surface area (Å²) < 4.78 is 17.6. The first kappa shape index (κ1) is 10.4. The minimum atomic E-state index is -0.823. The molecule has 0 heterocycles. The van der Waals surface area contributed by atoms with E-state index in [1.165, 1.54) is 7.11 Å². The molecule has 0 fully saturated rings. The second kappa shape index (κ2) is 4.01. The van der Waals surface area contributed by atoms with Gasteiger partial charge in [0.1, 0.15) is 0 Å². The first-order chi connectivity index (χ1) is 6.60. The van der Waals surface area contributed by atoms with Crippen molar-refractivity contribution in [2.24, 2.45) is 0 Å². The van der Waals surface area contributed by atoms with Crippen LogP contribution in [0.2, 0.25) is 0 Å². The fourth-order valence-corrected chi connectivity index (χ4v) is 1.04. The third-order valence-electron chi connectivity index (χ3n) is 1.72. The Balaban J connectivity index is 3.31. The maximum Gasteiger partial charge on any atom is 0.278 e. The molecule has 0 bridgehead atoms. The zero-order valence-electron chi connectivity index (χ0n) is 7.36. The lowest BCUT2D eigenvalue weighted by Gasteiger charge is -2.04. The number of benzene rings is 1. The predicted molar refractivity (Wildman–Crippen MR) is 45.5 cm³/mol. The molecule has 76 valence electrons. The monoisotopic (exact) mass is 201 g/mol. The number of hydrogen-bond acceptors (Lipinski definition) is 4. The summed E-state index contributed by atoms with van der Waals surface area (Å²) >= 11 is 0. The second-order valence-corrected chi connectivity index (χ2v) is 2.53. The molecule has 0 unspecified atom stereocenters. The van der Waals surface area contributed by atoms with Gasteiger partial charge in [-0.05, 0) is 6.07 Å². The number of aliphatic hydroxyl groups excluding tert-OH is 1. The summed E-state index contributed by atoms with van der Waals surface area (Å²) in [5, 5.41) is 19.2. The van der Waals surface area contributed by atoms with E-state index >= 15 is 0 Å². The molecule has 5 nitrogen and oxygen atoms in total. The van der Waals surface area contributed by atoms with E-state index in [1.807, 2.05) is 0 Å². The number of aliphatic hydroxyl groups is 1. The third kappa shape index (κ3) is 1.80. The fraction of sp³-hybridized carbons (Fsp3) is 0.250. The number of ether oxygens (including phenoxy) is 1. The Morgan fingerprint density at radius 2 is 2.29 bits per heavy atom. The lowest BCUT2D eigenvalue weighted by molar-refractivity contribution is -0.386. The molecular weight excluding hydrogens is 193 g/mol. The SMILES string of the molecule is COc1cc(CO)c([N+](=O)[O-])cc1F. The maximum atomic E-state index is 13.0. The van der Waals surface area contributed by atoms with Gasteiger partial charge in [0.05, 0.1) is 30.3 Å². The van der Waals surface area contributed by atoms with Crippen LogP contribution in [0.25, 0.3) is 0 Å². The molecule has 0 aliphatic rings. The van der Waals surface area contributed by atoms with E-state index in [9.17, 15) is 14.5 Å². The van der Waals surface area contributed by atoms with E-state index in [4.69, 9.17) is 5.11 Å². The van der Waals surface area contributed by atoms with Crippen LogP contribution in [-0.4, -0.2) is 17.1 Å². The van der Waals surface area contributed by atoms with Gasteiger partial charge < -0.3 is 9.84 Å². The average molecular weight is 201 g/mol.